The van der Waals surface area contributed by atoms with Crippen LogP contribution in [0.25, 0.3) is 12.2 Å². The molecule has 1 N–H and O–H groups in total. The van der Waals surface area contributed by atoms with Crippen LogP contribution in [0.4, 0.5) is 0 Å². The third-order valence-corrected chi connectivity index (χ3v) is 4.71. The first-order chi connectivity index (χ1) is 16.1. The van der Waals surface area contributed by atoms with Crippen molar-refractivity contribution in [3.8, 4) is 17.2 Å². The van der Waals surface area contributed by atoms with E-state index in [4.69, 9.17) is 14.2 Å². The molecule has 0 fully saturated rings. The van der Waals surface area contributed by atoms with Crippen molar-refractivity contribution in [1.82, 2.24) is 0 Å². The zero-order valence-corrected chi connectivity index (χ0v) is 18.6. The van der Waals surface area contributed by atoms with Crippen LogP contribution in [-0.4, -0.2) is 25.1 Å². The van der Waals surface area contributed by atoms with Crippen molar-refractivity contribution in [1.29, 1.82) is 0 Å². The highest BCUT2D eigenvalue weighted by Crippen LogP contribution is 2.28. The van der Waals surface area contributed by atoms with Crippen molar-refractivity contribution in [2.45, 2.75) is 6.61 Å². The topological polar surface area (TPSA) is 65.0 Å². The number of benzene rings is 3. The normalized spacial score (nSPS) is 11.6. The molecule has 0 aromatic heterocycles. The van der Waals surface area contributed by atoms with Crippen LogP contribution >= 0.6 is 0 Å². The maximum Gasteiger partial charge on any atom is 0.182 e. The van der Waals surface area contributed by atoms with E-state index in [1.807, 2.05) is 60.7 Å². The lowest BCUT2D eigenvalue weighted by atomic mass is 10.1. The minimum absolute atomic E-state index is 0.149. The molecule has 0 unspecified atom stereocenters. The number of ether oxygens (including phenoxy) is 3. The van der Waals surface area contributed by atoms with Crippen molar-refractivity contribution >= 4 is 17.9 Å². The summed E-state index contributed by atoms with van der Waals surface area (Å²) in [5.41, 5.74) is 2.74. The van der Waals surface area contributed by atoms with Crippen LogP contribution in [0.3, 0.4) is 0 Å². The van der Waals surface area contributed by atoms with Gasteiger partial charge < -0.3 is 19.3 Å². The molecule has 0 aliphatic carbocycles. The number of allylic oxidation sites excluding steroid dienone is 3. The van der Waals surface area contributed by atoms with E-state index in [2.05, 4.69) is 0 Å². The molecule has 3 aromatic carbocycles. The molecule has 0 radical (unpaired) electrons. The minimum Gasteiger partial charge on any atom is -0.508 e. The maximum absolute atomic E-state index is 12.1. The van der Waals surface area contributed by atoms with Crippen molar-refractivity contribution in [2.24, 2.45) is 0 Å². The van der Waals surface area contributed by atoms with Crippen molar-refractivity contribution in [2.75, 3.05) is 14.2 Å². The summed E-state index contributed by atoms with van der Waals surface area (Å²) in [6.45, 7) is 0.495. The fraction of sp³-hybridized carbons (Fsp3) is 0.107. The Kier molecular flexibility index (Phi) is 8.48. The molecule has 168 valence electrons. The molecule has 0 spiro atoms. The molecular formula is C28H26O5. The molecule has 0 saturated heterocycles. The van der Waals surface area contributed by atoms with Crippen LogP contribution in [-0.2, 0) is 11.4 Å². The number of methoxy groups -OCH3 is 2. The highest BCUT2D eigenvalue weighted by molar-refractivity contribution is 6.02. The summed E-state index contributed by atoms with van der Waals surface area (Å²) in [4.78, 5) is 12.1. The first kappa shape index (κ1) is 23.4. The summed E-state index contributed by atoms with van der Waals surface area (Å²) in [5, 5.41) is 10.0. The number of ketones is 1. The number of hydrogen-bond donors (Lipinski definition) is 1. The lowest BCUT2D eigenvalue weighted by Gasteiger charge is -2.07. The Bertz CT molecular complexity index is 1140. The van der Waals surface area contributed by atoms with Gasteiger partial charge in [0.15, 0.2) is 17.3 Å². The first-order valence-electron chi connectivity index (χ1n) is 10.4. The molecule has 3 aromatic rings. The van der Waals surface area contributed by atoms with E-state index in [0.717, 1.165) is 28.5 Å². The van der Waals surface area contributed by atoms with E-state index >= 15 is 0 Å². The number of aliphatic hydroxyl groups is 1. The van der Waals surface area contributed by atoms with Gasteiger partial charge in [0.1, 0.15) is 18.1 Å². The predicted molar refractivity (Wildman–Crippen MR) is 131 cm³/mol. The largest absolute Gasteiger partial charge is 0.508 e. The second-order valence-electron chi connectivity index (χ2n) is 7.10. The number of carbonyl (C=O) groups excluding carboxylic acids is 1. The summed E-state index contributed by atoms with van der Waals surface area (Å²) in [6.07, 6.45) is 7.38. The third kappa shape index (κ3) is 7.43. The zero-order valence-electron chi connectivity index (χ0n) is 18.6. The molecular weight excluding hydrogens is 416 g/mol. The van der Waals surface area contributed by atoms with Gasteiger partial charge in [-0.25, -0.2) is 0 Å². The summed E-state index contributed by atoms with van der Waals surface area (Å²) >= 11 is 0. The van der Waals surface area contributed by atoms with Gasteiger partial charge in [-0.2, -0.15) is 0 Å². The molecule has 0 saturated carbocycles. The minimum atomic E-state index is -0.325. The second kappa shape index (κ2) is 12.0. The predicted octanol–water partition coefficient (Wildman–Crippen LogP) is 6.02. The van der Waals surface area contributed by atoms with Crippen LogP contribution in [0.5, 0.6) is 17.2 Å². The Morgan fingerprint density at radius 1 is 0.818 bits per heavy atom. The molecule has 0 atom stereocenters. The molecule has 0 aliphatic heterocycles. The van der Waals surface area contributed by atoms with Gasteiger partial charge in [0, 0.05) is 6.08 Å². The van der Waals surface area contributed by atoms with E-state index in [0.29, 0.717) is 18.1 Å². The molecule has 0 bridgehead atoms. The van der Waals surface area contributed by atoms with Gasteiger partial charge in [-0.3, -0.25) is 4.79 Å². The molecule has 0 aliphatic rings. The van der Waals surface area contributed by atoms with Crippen molar-refractivity contribution in [3.05, 3.63) is 113 Å². The lowest BCUT2D eigenvalue weighted by Crippen LogP contribution is -1.94. The van der Waals surface area contributed by atoms with Crippen LogP contribution in [0.1, 0.15) is 16.7 Å². The monoisotopic (exact) mass is 442 g/mol. The van der Waals surface area contributed by atoms with E-state index in [-0.39, 0.29) is 11.5 Å². The maximum atomic E-state index is 12.1. The van der Waals surface area contributed by atoms with Gasteiger partial charge in [0.2, 0.25) is 0 Å². The number of aliphatic hydroxyl groups excluding tert-OH is 1. The molecule has 5 nitrogen and oxygen atoms in total. The molecule has 3 rings (SSSR count). The van der Waals surface area contributed by atoms with Gasteiger partial charge in [0.25, 0.3) is 0 Å². The van der Waals surface area contributed by atoms with Gasteiger partial charge in [-0.05, 0) is 53.1 Å². The summed E-state index contributed by atoms with van der Waals surface area (Å²) in [6, 6.07) is 22.7. The summed E-state index contributed by atoms with van der Waals surface area (Å²) < 4.78 is 16.2. The number of rotatable bonds is 10. The summed E-state index contributed by atoms with van der Waals surface area (Å²) in [5.74, 6) is 1.47. The Morgan fingerprint density at radius 3 is 2.18 bits per heavy atom. The highest BCUT2D eigenvalue weighted by Gasteiger charge is 2.03. The smallest absolute Gasteiger partial charge is 0.182 e. The lowest BCUT2D eigenvalue weighted by molar-refractivity contribution is -0.110. The van der Waals surface area contributed by atoms with Gasteiger partial charge in [-0.1, -0.05) is 60.7 Å². The van der Waals surface area contributed by atoms with Crippen LogP contribution < -0.4 is 14.2 Å². The van der Waals surface area contributed by atoms with E-state index < -0.39 is 0 Å². The van der Waals surface area contributed by atoms with Gasteiger partial charge >= 0.3 is 0 Å². The van der Waals surface area contributed by atoms with Gasteiger partial charge in [0.05, 0.1) is 14.2 Å². The average molecular weight is 443 g/mol. The Labute approximate surface area is 193 Å². The number of hydrogen-bond acceptors (Lipinski definition) is 5. The Balaban J connectivity index is 1.54. The van der Waals surface area contributed by atoms with Crippen molar-refractivity contribution < 1.29 is 24.1 Å². The SMILES string of the molecule is COc1ccc(/C=C/C(O)=C/C(=O)/C=C/c2ccc(OCc3ccccc3)cc2)cc1OC. The Hall–Kier alpha value is -4.25. The van der Waals surface area contributed by atoms with Gasteiger partial charge in [-0.15, -0.1) is 0 Å². The average Bonchev–Trinajstić information content (AvgIpc) is 2.86. The van der Waals surface area contributed by atoms with E-state index in [1.54, 1.807) is 38.5 Å². The molecule has 0 heterocycles. The van der Waals surface area contributed by atoms with Crippen LogP contribution in [0.2, 0.25) is 0 Å². The van der Waals surface area contributed by atoms with Crippen molar-refractivity contribution in [3.63, 3.8) is 0 Å². The second-order valence-corrected chi connectivity index (χ2v) is 7.10. The quantitative estimate of drug-likeness (QED) is 0.236. The van der Waals surface area contributed by atoms with Crippen LogP contribution in [0.15, 0.2) is 96.8 Å². The highest BCUT2D eigenvalue weighted by atomic mass is 16.5. The standard InChI is InChI=1S/C28H26O5/c1-31-27-17-12-22(18-28(27)32-2)9-14-25(30)19-24(29)13-8-21-10-15-26(16-11-21)33-20-23-6-4-3-5-7-23/h3-19,30H,20H2,1-2H3/b13-8+,14-9+,25-19-. The van der Waals surface area contributed by atoms with E-state index in [1.165, 1.54) is 12.2 Å². The molecule has 0 amide bonds. The summed E-state index contributed by atoms with van der Waals surface area (Å²) in [7, 11) is 3.12. The fourth-order valence-corrected chi connectivity index (χ4v) is 2.97. The number of carbonyl (C=O) groups is 1. The third-order valence-electron chi connectivity index (χ3n) is 4.71. The zero-order chi connectivity index (χ0) is 23.5. The van der Waals surface area contributed by atoms with Crippen LogP contribution in [0, 0.1) is 0 Å². The van der Waals surface area contributed by atoms with E-state index in [9.17, 15) is 9.90 Å². The molecule has 5 heteroatoms. The fourth-order valence-electron chi connectivity index (χ4n) is 2.97. The molecule has 33 heavy (non-hydrogen) atoms. The Morgan fingerprint density at radius 2 is 1.48 bits per heavy atom. The first-order valence-corrected chi connectivity index (χ1v) is 10.4.